The van der Waals surface area contributed by atoms with E-state index in [9.17, 15) is 9.59 Å². The number of carbonyl (C=O) groups excluding carboxylic acids is 2. The molecule has 4 aromatic carbocycles. The van der Waals surface area contributed by atoms with Crippen molar-refractivity contribution in [1.29, 1.82) is 0 Å². The topological polar surface area (TPSA) is 86.3 Å². The third-order valence-electron chi connectivity index (χ3n) is 6.77. The van der Waals surface area contributed by atoms with Gasteiger partial charge in [0.05, 0.1) is 0 Å². The maximum absolute atomic E-state index is 13.5. The minimum atomic E-state index is -0.318. The zero-order chi connectivity index (χ0) is 31.9. The van der Waals surface area contributed by atoms with Gasteiger partial charge in [-0.2, -0.15) is 0 Å². The molecule has 8 heteroatoms. The van der Waals surface area contributed by atoms with Gasteiger partial charge in [0.1, 0.15) is 25.4 Å². The van der Waals surface area contributed by atoms with E-state index in [1.54, 1.807) is 12.1 Å². The number of benzene rings is 4. The van der Waals surface area contributed by atoms with Gasteiger partial charge in [0.25, 0.3) is 12.4 Å². The summed E-state index contributed by atoms with van der Waals surface area (Å²) in [5.41, 5.74) is 3.27. The van der Waals surface area contributed by atoms with E-state index in [1.165, 1.54) is 0 Å². The first-order valence-corrected chi connectivity index (χ1v) is 15.1. The van der Waals surface area contributed by atoms with E-state index < -0.39 is 0 Å². The van der Waals surface area contributed by atoms with Crippen molar-refractivity contribution >= 4 is 12.4 Å². The average molecular weight is 611 g/mol. The molecule has 0 aliphatic carbocycles. The lowest BCUT2D eigenvalue weighted by molar-refractivity contribution is -0.138. The van der Waals surface area contributed by atoms with Crippen LogP contribution in [0.1, 0.15) is 47.8 Å². The molecule has 0 unspecified atom stereocenters. The van der Waals surface area contributed by atoms with Crippen LogP contribution in [0.2, 0.25) is 0 Å². The Hall–Kier alpha value is -4.82. The molecule has 45 heavy (non-hydrogen) atoms. The number of carbonyl (C=O) groups is 2. The summed E-state index contributed by atoms with van der Waals surface area (Å²) in [7, 11) is 0. The largest absolute Gasteiger partial charge is 0.485 e. The van der Waals surface area contributed by atoms with E-state index in [0.29, 0.717) is 62.2 Å². The van der Waals surface area contributed by atoms with Crippen molar-refractivity contribution in [3.05, 3.63) is 125 Å². The highest BCUT2D eigenvalue weighted by molar-refractivity contribution is 5.95. The molecule has 1 heterocycles. The highest BCUT2D eigenvalue weighted by Crippen LogP contribution is 2.41. The minimum Gasteiger partial charge on any atom is -0.485 e. The van der Waals surface area contributed by atoms with E-state index in [0.717, 1.165) is 29.8 Å². The molecular formula is C37H42N2O6. The smallest absolute Gasteiger partial charge is 0.293 e. The number of ether oxygens (including phenoxy) is 4. The van der Waals surface area contributed by atoms with E-state index in [4.69, 9.17) is 14.2 Å². The SMILES string of the molecule is CC(C)(C)OC=O.O=C(c1cc(OCc2ccccc2)c(OCc2ccccc2)c(OCc2ccccc2)c1)N1CCNCC1. The molecule has 1 aliphatic heterocycles. The van der Waals surface area contributed by atoms with Crippen LogP contribution in [0.25, 0.3) is 0 Å². The molecule has 4 aromatic rings. The number of rotatable bonds is 11. The van der Waals surface area contributed by atoms with Crippen LogP contribution >= 0.6 is 0 Å². The Morgan fingerprint density at radius 1 is 0.711 bits per heavy atom. The highest BCUT2D eigenvalue weighted by atomic mass is 16.5. The van der Waals surface area contributed by atoms with Gasteiger partial charge in [-0.3, -0.25) is 9.59 Å². The van der Waals surface area contributed by atoms with Gasteiger partial charge in [-0.05, 0) is 49.6 Å². The number of hydrogen-bond acceptors (Lipinski definition) is 7. The van der Waals surface area contributed by atoms with Gasteiger partial charge in [-0.1, -0.05) is 91.0 Å². The number of piperazine rings is 1. The molecule has 1 N–H and O–H groups in total. The molecule has 0 bridgehead atoms. The first kappa shape index (κ1) is 33.1. The van der Waals surface area contributed by atoms with Gasteiger partial charge >= 0.3 is 0 Å². The molecule has 0 saturated carbocycles. The molecule has 1 amide bonds. The number of nitrogens with one attached hydrogen (secondary N) is 1. The van der Waals surface area contributed by atoms with Gasteiger partial charge in [0.15, 0.2) is 11.5 Å². The lowest BCUT2D eigenvalue weighted by atomic mass is 10.1. The fraction of sp³-hybridized carbons (Fsp3) is 0.297. The molecule has 0 spiro atoms. The van der Waals surface area contributed by atoms with Crippen LogP contribution in [0.4, 0.5) is 0 Å². The summed E-state index contributed by atoms with van der Waals surface area (Å²) >= 11 is 0. The van der Waals surface area contributed by atoms with Crippen LogP contribution in [0.15, 0.2) is 103 Å². The maximum Gasteiger partial charge on any atom is 0.293 e. The van der Waals surface area contributed by atoms with Crippen molar-refractivity contribution in [3.63, 3.8) is 0 Å². The number of amides is 1. The predicted molar refractivity (Wildman–Crippen MR) is 174 cm³/mol. The van der Waals surface area contributed by atoms with E-state index >= 15 is 0 Å². The summed E-state index contributed by atoms with van der Waals surface area (Å²) in [5, 5.41) is 3.30. The van der Waals surface area contributed by atoms with Crippen LogP contribution in [0.5, 0.6) is 17.2 Å². The Labute approximate surface area is 265 Å². The Kier molecular flexibility index (Phi) is 12.4. The van der Waals surface area contributed by atoms with Gasteiger partial charge in [0.2, 0.25) is 5.75 Å². The third kappa shape index (κ3) is 11.0. The fourth-order valence-electron chi connectivity index (χ4n) is 4.45. The standard InChI is InChI=1S/C32H32N2O4.C5H10O2/c35-32(34-18-16-33-17-19-34)28-20-29(36-22-25-10-4-1-5-11-25)31(38-24-27-14-8-3-9-15-27)30(21-28)37-23-26-12-6-2-7-13-26;1-5(2,3)7-4-6/h1-15,20-21,33H,16-19,22-24H2;4H,1-3H3. The van der Waals surface area contributed by atoms with Crippen molar-refractivity contribution in [1.82, 2.24) is 10.2 Å². The first-order valence-electron chi connectivity index (χ1n) is 15.1. The van der Waals surface area contributed by atoms with Gasteiger partial charge in [-0.15, -0.1) is 0 Å². The second-order valence-corrected chi connectivity index (χ2v) is 11.5. The van der Waals surface area contributed by atoms with E-state index in [1.807, 2.05) is 117 Å². The van der Waals surface area contributed by atoms with Crippen molar-refractivity contribution in [2.45, 2.75) is 46.2 Å². The molecule has 0 aromatic heterocycles. The molecule has 1 saturated heterocycles. The number of nitrogens with zero attached hydrogens (tertiary/aromatic N) is 1. The molecule has 8 nitrogen and oxygen atoms in total. The van der Waals surface area contributed by atoms with Crippen LogP contribution in [0.3, 0.4) is 0 Å². The minimum absolute atomic E-state index is 0.0461. The molecular weight excluding hydrogens is 568 g/mol. The summed E-state index contributed by atoms with van der Waals surface area (Å²) in [6, 6.07) is 33.4. The maximum atomic E-state index is 13.5. The van der Waals surface area contributed by atoms with Crippen LogP contribution in [0, 0.1) is 0 Å². The zero-order valence-corrected chi connectivity index (χ0v) is 26.2. The molecule has 236 valence electrons. The van der Waals surface area contributed by atoms with Crippen molar-refractivity contribution in [2.24, 2.45) is 0 Å². The first-order chi connectivity index (χ1) is 21.8. The monoisotopic (exact) mass is 610 g/mol. The summed E-state index contributed by atoms with van der Waals surface area (Å²) in [6.07, 6.45) is 0. The molecule has 0 radical (unpaired) electrons. The highest BCUT2D eigenvalue weighted by Gasteiger charge is 2.23. The van der Waals surface area contributed by atoms with Gasteiger partial charge in [-0.25, -0.2) is 0 Å². The molecule has 0 atom stereocenters. The van der Waals surface area contributed by atoms with Crippen molar-refractivity contribution < 1.29 is 28.5 Å². The summed E-state index contributed by atoms with van der Waals surface area (Å²) < 4.78 is 23.5. The third-order valence-corrected chi connectivity index (χ3v) is 6.77. The van der Waals surface area contributed by atoms with Gasteiger partial charge in [0, 0.05) is 31.7 Å². The zero-order valence-electron chi connectivity index (χ0n) is 26.2. The van der Waals surface area contributed by atoms with Crippen LogP contribution < -0.4 is 19.5 Å². The lowest BCUT2D eigenvalue weighted by Gasteiger charge is -2.28. The number of hydrogen-bond donors (Lipinski definition) is 1. The molecule has 1 aliphatic rings. The normalized spacial score (nSPS) is 12.7. The molecule has 1 fully saturated rings. The second-order valence-electron chi connectivity index (χ2n) is 11.5. The molecule has 5 rings (SSSR count). The predicted octanol–water partition coefficient (Wildman–Crippen LogP) is 6.43. The summed E-state index contributed by atoms with van der Waals surface area (Å²) in [5.74, 6) is 1.40. The lowest BCUT2D eigenvalue weighted by Crippen LogP contribution is -2.46. The second kappa shape index (κ2) is 16.9. The van der Waals surface area contributed by atoms with Gasteiger partial charge < -0.3 is 29.2 Å². The summed E-state index contributed by atoms with van der Waals surface area (Å²) in [6.45, 7) is 9.81. The van der Waals surface area contributed by atoms with Crippen molar-refractivity contribution in [2.75, 3.05) is 26.2 Å². The Bertz CT molecular complexity index is 1400. The van der Waals surface area contributed by atoms with Crippen molar-refractivity contribution in [3.8, 4) is 17.2 Å². The average Bonchev–Trinajstić information content (AvgIpc) is 3.07. The fourth-order valence-corrected chi connectivity index (χ4v) is 4.45. The Morgan fingerprint density at radius 2 is 1.13 bits per heavy atom. The Balaban J connectivity index is 0.000000591. The summed E-state index contributed by atoms with van der Waals surface area (Å²) in [4.78, 5) is 24.9. The Morgan fingerprint density at radius 3 is 1.51 bits per heavy atom. The van der Waals surface area contributed by atoms with E-state index in [-0.39, 0.29) is 11.5 Å². The van der Waals surface area contributed by atoms with Crippen LogP contribution in [-0.4, -0.2) is 49.1 Å². The van der Waals surface area contributed by atoms with E-state index in [2.05, 4.69) is 10.1 Å². The quantitative estimate of drug-likeness (QED) is 0.196. The van der Waals surface area contributed by atoms with Crippen LogP contribution in [-0.2, 0) is 29.4 Å².